The number of nitrogens with zero attached hydrogens (tertiary/aromatic N) is 3. The lowest BCUT2D eigenvalue weighted by atomic mass is 10.0. The summed E-state index contributed by atoms with van der Waals surface area (Å²) < 4.78 is 5.30. The summed E-state index contributed by atoms with van der Waals surface area (Å²) in [5.41, 5.74) is 3.81. The third kappa shape index (κ3) is 6.24. The van der Waals surface area contributed by atoms with Crippen LogP contribution in [-0.4, -0.2) is 58.2 Å². The van der Waals surface area contributed by atoms with Crippen LogP contribution in [-0.2, 0) is 4.74 Å². The number of H-pyrrole nitrogens is 1. The number of carbonyl (C=O) groups excluding carboxylic acids is 2. The van der Waals surface area contributed by atoms with Gasteiger partial charge in [0.2, 0.25) is 0 Å². The first-order valence-corrected chi connectivity index (χ1v) is 13.1. The highest BCUT2D eigenvalue weighted by atomic mass is 16.5. The number of ether oxygens (including phenoxy) is 1. The molecule has 1 aliphatic rings. The summed E-state index contributed by atoms with van der Waals surface area (Å²) in [6.45, 7) is 6.35. The Morgan fingerprint density at radius 2 is 1.73 bits per heavy atom. The Bertz CT molecular complexity index is 1560. The summed E-state index contributed by atoms with van der Waals surface area (Å²) in [4.78, 5) is 44.0. The van der Waals surface area contributed by atoms with Gasteiger partial charge in [0.1, 0.15) is 11.5 Å². The lowest BCUT2D eigenvalue weighted by Gasteiger charge is -2.26. The van der Waals surface area contributed by atoms with Crippen LogP contribution < -0.4 is 16.2 Å². The van der Waals surface area contributed by atoms with Gasteiger partial charge in [-0.15, -0.1) is 0 Å². The fourth-order valence-electron chi connectivity index (χ4n) is 4.31. The number of aromatic amines is 1. The zero-order valence-corrected chi connectivity index (χ0v) is 22.3. The number of aromatic nitrogens is 3. The monoisotopic (exact) mass is 538 g/mol. The molecule has 0 saturated carbocycles. The van der Waals surface area contributed by atoms with E-state index in [1.54, 1.807) is 41.3 Å². The number of pyridine rings is 1. The van der Waals surface area contributed by atoms with Crippen LogP contribution in [0.1, 0.15) is 46.0 Å². The molecular formula is C30H30N6O4. The van der Waals surface area contributed by atoms with Crippen molar-refractivity contribution in [1.29, 1.82) is 0 Å². The topological polar surface area (TPSA) is 129 Å². The van der Waals surface area contributed by atoms with E-state index in [4.69, 9.17) is 4.74 Å². The van der Waals surface area contributed by atoms with Gasteiger partial charge in [-0.1, -0.05) is 38.1 Å². The van der Waals surface area contributed by atoms with Crippen LogP contribution in [0.2, 0.25) is 0 Å². The Morgan fingerprint density at radius 3 is 2.42 bits per heavy atom. The van der Waals surface area contributed by atoms with Crippen LogP contribution in [0.15, 0.2) is 77.7 Å². The molecule has 10 heteroatoms. The van der Waals surface area contributed by atoms with Gasteiger partial charge in [0, 0.05) is 36.1 Å². The zero-order valence-electron chi connectivity index (χ0n) is 22.3. The molecule has 40 heavy (non-hydrogen) atoms. The maximum atomic E-state index is 12.8. The van der Waals surface area contributed by atoms with Crippen molar-refractivity contribution < 1.29 is 14.3 Å². The van der Waals surface area contributed by atoms with Crippen molar-refractivity contribution in [1.82, 2.24) is 20.1 Å². The molecule has 1 saturated heterocycles. The second-order valence-electron chi connectivity index (χ2n) is 9.77. The number of carbonyl (C=O) groups is 2. The van der Waals surface area contributed by atoms with E-state index < -0.39 is 5.56 Å². The van der Waals surface area contributed by atoms with Crippen LogP contribution in [0.25, 0.3) is 11.3 Å². The van der Waals surface area contributed by atoms with Crippen LogP contribution in [0.5, 0.6) is 0 Å². The average Bonchev–Trinajstić information content (AvgIpc) is 2.99. The maximum absolute atomic E-state index is 12.8. The smallest absolute Gasteiger partial charge is 0.287 e. The van der Waals surface area contributed by atoms with Gasteiger partial charge in [0.25, 0.3) is 17.4 Å². The van der Waals surface area contributed by atoms with Crippen molar-refractivity contribution in [2.45, 2.75) is 19.8 Å². The standard InChI is InChI=1S/C30H30N6O4/c1-19(2)20-6-8-21(9-7-20)28(37)32-24-5-3-4-22(16-24)25-17-26(29(38)35-34-25)33-27-11-10-23(18-31-27)30(39)36-12-14-40-15-13-36/h3-11,16-19H,12-15H2,1-2H3,(H,32,37)(H,35,38)(H,31,33,34). The third-order valence-electron chi connectivity index (χ3n) is 6.63. The molecule has 3 N–H and O–H groups in total. The molecule has 2 aromatic carbocycles. The molecule has 0 atom stereocenters. The highest BCUT2D eigenvalue weighted by molar-refractivity contribution is 6.04. The van der Waals surface area contributed by atoms with Crippen LogP contribution in [0.4, 0.5) is 17.2 Å². The Labute approximate surface area is 231 Å². The predicted molar refractivity (Wildman–Crippen MR) is 153 cm³/mol. The number of anilines is 3. The van der Waals surface area contributed by atoms with Gasteiger partial charge in [-0.3, -0.25) is 14.4 Å². The van der Waals surface area contributed by atoms with Gasteiger partial charge in [-0.25, -0.2) is 10.1 Å². The summed E-state index contributed by atoms with van der Waals surface area (Å²) in [6.07, 6.45) is 1.49. The minimum Gasteiger partial charge on any atom is -0.378 e. The molecule has 10 nitrogen and oxygen atoms in total. The minimum absolute atomic E-state index is 0.106. The van der Waals surface area contributed by atoms with Crippen molar-refractivity contribution in [2.24, 2.45) is 0 Å². The van der Waals surface area contributed by atoms with Gasteiger partial charge < -0.3 is 20.3 Å². The highest BCUT2D eigenvalue weighted by Gasteiger charge is 2.19. The summed E-state index contributed by atoms with van der Waals surface area (Å²) in [5.74, 6) is 0.472. The van der Waals surface area contributed by atoms with E-state index in [1.165, 1.54) is 11.8 Å². The van der Waals surface area contributed by atoms with Crippen molar-refractivity contribution in [3.05, 3.63) is 100.0 Å². The van der Waals surface area contributed by atoms with Gasteiger partial charge >= 0.3 is 0 Å². The number of amides is 2. The fraction of sp³-hybridized carbons (Fsp3) is 0.233. The normalized spacial score (nSPS) is 13.2. The van der Waals surface area contributed by atoms with E-state index in [9.17, 15) is 14.4 Å². The molecule has 5 rings (SSSR count). The first-order valence-electron chi connectivity index (χ1n) is 13.1. The SMILES string of the molecule is CC(C)c1ccc(C(=O)Nc2cccc(-c3cc(Nc4ccc(C(=O)N5CCOCC5)cn4)c(=O)[nH]n3)c2)cc1. The number of nitrogens with one attached hydrogen (secondary N) is 3. The number of rotatable bonds is 7. The van der Waals surface area contributed by atoms with Crippen LogP contribution in [0.3, 0.4) is 0 Å². The predicted octanol–water partition coefficient (Wildman–Crippen LogP) is 4.42. The molecular weight excluding hydrogens is 508 g/mol. The molecule has 0 aliphatic carbocycles. The highest BCUT2D eigenvalue weighted by Crippen LogP contribution is 2.23. The molecule has 4 aromatic rings. The van der Waals surface area contributed by atoms with E-state index in [2.05, 4.69) is 39.7 Å². The largest absolute Gasteiger partial charge is 0.378 e. The van der Waals surface area contributed by atoms with Crippen molar-refractivity contribution in [3.8, 4) is 11.3 Å². The lowest BCUT2D eigenvalue weighted by Crippen LogP contribution is -2.40. The zero-order chi connectivity index (χ0) is 28.1. The summed E-state index contributed by atoms with van der Waals surface area (Å²) >= 11 is 0. The van der Waals surface area contributed by atoms with Gasteiger partial charge in [-0.05, 0) is 53.9 Å². The van der Waals surface area contributed by atoms with Crippen molar-refractivity contribution >= 4 is 29.0 Å². The molecule has 1 aliphatic heterocycles. The molecule has 0 spiro atoms. The third-order valence-corrected chi connectivity index (χ3v) is 6.63. The van der Waals surface area contributed by atoms with Gasteiger partial charge in [0.05, 0.1) is 24.5 Å². The Hall–Kier alpha value is -4.83. The van der Waals surface area contributed by atoms with Crippen LogP contribution in [0, 0.1) is 0 Å². The first kappa shape index (κ1) is 26.8. The van der Waals surface area contributed by atoms with E-state index >= 15 is 0 Å². The molecule has 3 heterocycles. The van der Waals surface area contributed by atoms with E-state index in [1.807, 2.05) is 30.3 Å². The quantitative estimate of drug-likeness (QED) is 0.318. The molecule has 0 radical (unpaired) electrons. The summed E-state index contributed by atoms with van der Waals surface area (Å²) in [5, 5.41) is 12.6. The second kappa shape index (κ2) is 11.9. The van der Waals surface area contributed by atoms with Crippen LogP contribution >= 0.6 is 0 Å². The summed E-state index contributed by atoms with van der Waals surface area (Å²) in [7, 11) is 0. The van der Waals surface area contributed by atoms with Crippen molar-refractivity contribution in [3.63, 3.8) is 0 Å². The Balaban J connectivity index is 1.29. The minimum atomic E-state index is -0.423. The molecule has 1 fully saturated rings. The van der Waals surface area contributed by atoms with E-state index in [0.29, 0.717) is 66.1 Å². The average molecular weight is 539 g/mol. The number of hydrogen-bond acceptors (Lipinski definition) is 7. The maximum Gasteiger partial charge on any atom is 0.287 e. The Kier molecular flexibility index (Phi) is 7.97. The van der Waals surface area contributed by atoms with Crippen molar-refractivity contribution in [2.75, 3.05) is 36.9 Å². The van der Waals surface area contributed by atoms with Gasteiger partial charge in [0.15, 0.2) is 0 Å². The second-order valence-corrected chi connectivity index (χ2v) is 9.77. The Morgan fingerprint density at radius 1 is 0.975 bits per heavy atom. The number of morpholine rings is 1. The lowest BCUT2D eigenvalue weighted by molar-refractivity contribution is 0.0302. The number of hydrogen-bond donors (Lipinski definition) is 3. The molecule has 0 unspecified atom stereocenters. The summed E-state index contributed by atoms with van der Waals surface area (Å²) in [6, 6.07) is 19.7. The molecule has 204 valence electrons. The first-order chi connectivity index (χ1) is 19.4. The van der Waals surface area contributed by atoms with Gasteiger partial charge in [-0.2, -0.15) is 5.10 Å². The molecule has 0 bridgehead atoms. The number of benzene rings is 2. The van der Waals surface area contributed by atoms with E-state index in [0.717, 1.165) is 0 Å². The molecule has 2 amide bonds. The fourth-order valence-corrected chi connectivity index (χ4v) is 4.31. The van der Waals surface area contributed by atoms with E-state index in [-0.39, 0.29) is 17.5 Å². The molecule has 2 aromatic heterocycles.